The van der Waals surface area contributed by atoms with Gasteiger partial charge in [0.15, 0.2) is 5.82 Å². The summed E-state index contributed by atoms with van der Waals surface area (Å²) in [7, 11) is 3.65. The van der Waals surface area contributed by atoms with Crippen molar-refractivity contribution in [2.75, 3.05) is 40.0 Å². The number of nitrogens with zero attached hydrogens (tertiary/aromatic N) is 5. The maximum atomic E-state index is 13.7. The zero-order chi connectivity index (χ0) is 25.3. The van der Waals surface area contributed by atoms with Crippen LogP contribution in [0.1, 0.15) is 23.2 Å². The van der Waals surface area contributed by atoms with Crippen molar-refractivity contribution in [3.05, 3.63) is 42.1 Å². The minimum atomic E-state index is -0.134. The molecule has 7 rings (SSSR count). The summed E-state index contributed by atoms with van der Waals surface area (Å²) in [6.45, 7) is 4.03. The van der Waals surface area contributed by atoms with E-state index in [9.17, 15) is 4.79 Å². The molecule has 2 N–H and O–H groups in total. The molecule has 3 aromatic heterocycles. The number of likely N-dealkylation sites (tertiary alicyclic amines) is 1. The fourth-order valence-electron chi connectivity index (χ4n) is 6.29. The summed E-state index contributed by atoms with van der Waals surface area (Å²) in [6, 6.07) is 9.98. The van der Waals surface area contributed by atoms with Crippen LogP contribution >= 0.6 is 0 Å². The Hall–Kier alpha value is -3.43. The molecular formula is C28H32N6O3. The lowest BCUT2D eigenvalue weighted by atomic mass is 9.81. The van der Waals surface area contributed by atoms with Crippen molar-refractivity contribution in [3.63, 3.8) is 0 Å². The molecule has 4 aromatic rings. The number of fused-ring (bicyclic) bond motifs is 3. The van der Waals surface area contributed by atoms with E-state index in [0.29, 0.717) is 50.1 Å². The largest absolute Gasteiger partial charge is 0.494 e. The standard InChI is InChI=1S/C28H32N6O3/c1-32-24-21(31-26(32)22-9-18-4-3-7-30-25(18)34(22)11-17-5-6-17)8-19(10-23(24)36-2)27(35)33-12-20-13-37-16-28(20,14-29)15-33/h3-4,7-10,17,20H,5-6,11-16,29H2,1-2H3/t20-,28+/m1/s1. The van der Waals surface area contributed by atoms with E-state index in [1.165, 1.54) is 12.8 Å². The number of aryl methyl sites for hydroxylation is 1. The zero-order valence-electron chi connectivity index (χ0n) is 21.3. The van der Waals surface area contributed by atoms with E-state index >= 15 is 0 Å². The first-order valence-electron chi connectivity index (χ1n) is 13.1. The Labute approximate surface area is 215 Å². The van der Waals surface area contributed by atoms with E-state index in [-0.39, 0.29) is 17.2 Å². The van der Waals surface area contributed by atoms with Crippen LogP contribution in [0.15, 0.2) is 36.5 Å². The first-order chi connectivity index (χ1) is 18.0. The van der Waals surface area contributed by atoms with Gasteiger partial charge in [-0.2, -0.15) is 0 Å². The number of hydrogen-bond donors (Lipinski definition) is 1. The van der Waals surface area contributed by atoms with Crippen molar-refractivity contribution >= 4 is 28.0 Å². The SMILES string of the molecule is COc1cc(C(=O)N2C[C@@H]3COC[C@]3(CN)C2)cc2nc(-c3cc4cccnc4n3CC3CC3)n(C)c12. The summed E-state index contributed by atoms with van der Waals surface area (Å²) in [5.41, 5.74) is 10.2. The average Bonchev–Trinajstić information content (AvgIpc) is 3.21. The molecule has 0 spiro atoms. The monoisotopic (exact) mass is 500 g/mol. The van der Waals surface area contributed by atoms with Gasteiger partial charge >= 0.3 is 0 Å². The Morgan fingerprint density at radius 3 is 2.92 bits per heavy atom. The van der Waals surface area contributed by atoms with Crippen molar-refractivity contribution in [3.8, 4) is 17.3 Å². The summed E-state index contributed by atoms with van der Waals surface area (Å²) in [5.74, 6) is 2.44. The third-order valence-corrected chi connectivity index (χ3v) is 8.64. The van der Waals surface area contributed by atoms with Crippen LogP contribution in [0.2, 0.25) is 0 Å². The highest BCUT2D eigenvalue weighted by Gasteiger charge is 2.51. The second-order valence-electron chi connectivity index (χ2n) is 11.0. The summed E-state index contributed by atoms with van der Waals surface area (Å²) >= 11 is 0. The summed E-state index contributed by atoms with van der Waals surface area (Å²) < 4.78 is 15.9. The number of nitrogens with two attached hydrogens (primary N) is 1. The Balaban J connectivity index is 1.31. The molecule has 37 heavy (non-hydrogen) atoms. The third-order valence-electron chi connectivity index (χ3n) is 8.64. The van der Waals surface area contributed by atoms with Gasteiger partial charge in [-0.3, -0.25) is 4.79 Å². The number of rotatable bonds is 6. The summed E-state index contributed by atoms with van der Waals surface area (Å²) in [5, 5.41) is 1.10. The van der Waals surface area contributed by atoms with Crippen LogP contribution in [-0.2, 0) is 18.3 Å². The second-order valence-corrected chi connectivity index (χ2v) is 11.0. The number of carbonyl (C=O) groups is 1. The number of ether oxygens (including phenoxy) is 2. The molecule has 1 aromatic carbocycles. The van der Waals surface area contributed by atoms with Crippen LogP contribution in [0.25, 0.3) is 33.6 Å². The highest BCUT2D eigenvalue weighted by Crippen LogP contribution is 2.42. The van der Waals surface area contributed by atoms with Crippen LogP contribution in [0.3, 0.4) is 0 Å². The molecule has 3 aliphatic rings. The van der Waals surface area contributed by atoms with E-state index in [1.54, 1.807) is 7.11 Å². The van der Waals surface area contributed by atoms with Crippen molar-refractivity contribution in [2.24, 2.45) is 30.0 Å². The Morgan fingerprint density at radius 2 is 2.16 bits per heavy atom. The predicted octanol–water partition coefficient (Wildman–Crippen LogP) is 3.06. The molecule has 0 radical (unpaired) electrons. The molecule has 9 nitrogen and oxygen atoms in total. The molecule has 2 saturated heterocycles. The van der Waals surface area contributed by atoms with Gasteiger partial charge < -0.3 is 29.2 Å². The topological polar surface area (TPSA) is 100 Å². The van der Waals surface area contributed by atoms with Crippen LogP contribution in [0.4, 0.5) is 0 Å². The fourth-order valence-corrected chi connectivity index (χ4v) is 6.29. The Kier molecular flexibility index (Phi) is 5.10. The molecule has 192 valence electrons. The van der Waals surface area contributed by atoms with Gasteiger partial charge in [0, 0.05) is 61.7 Å². The lowest BCUT2D eigenvalue weighted by molar-refractivity contribution is 0.0723. The first-order valence-corrected chi connectivity index (χ1v) is 13.1. The van der Waals surface area contributed by atoms with Gasteiger partial charge in [0.1, 0.15) is 16.9 Å². The molecule has 1 aliphatic carbocycles. The van der Waals surface area contributed by atoms with Crippen molar-refractivity contribution < 1.29 is 14.3 Å². The minimum absolute atomic E-state index is 0.0123. The number of methoxy groups -OCH3 is 1. The number of amides is 1. The number of aromatic nitrogens is 4. The van der Waals surface area contributed by atoms with Gasteiger partial charge in [0.25, 0.3) is 5.91 Å². The molecule has 2 atom stereocenters. The predicted molar refractivity (Wildman–Crippen MR) is 140 cm³/mol. The van der Waals surface area contributed by atoms with E-state index in [2.05, 4.69) is 26.3 Å². The lowest BCUT2D eigenvalue weighted by Crippen LogP contribution is -2.39. The van der Waals surface area contributed by atoms with Gasteiger partial charge in [-0.25, -0.2) is 9.97 Å². The number of carbonyl (C=O) groups excluding carboxylic acids is 1. The fraction of sp³-hybridized carbons (Fsp3) is 0.464. The second kappa shape index (κ2) is 8.29. The van der Waals surface area contributed by atoms with Crippen molar-refractivity contribution in [1.29, 1.82) is 0 Å². The van der Waals surface area contributed by atoms with Gasteiger partial charge in [0.2, 0.25) is 0 Å². The smallest absolute Gasteiger partial charge is 0.254 e. The Morgan fingerprint density at radius 1 is 1.30 bits per heavy atom. The van der Waals surface area contributed by atoms with Crippen LogP contribution in [-0.4, -0.2) is 69.9 Å². The van der Waals surface area contributed by atoms with Gasteiger partial charge in [-0.15, -0.1) is 0 Å². The highest BCUT2D eigenvalue weighted by molar-refractivity contribution is 6.00. The maximum Gasteiger partial charge on any atom is 0.254 e. The first kappa shape index (κ1) is 22.7. The van der Waals surface area contributed by atoms with E-state index in [0.717, 1.165) is 40.1 Å². The van der Waals surface area contributed by atoms with Crippen LogP contribution in [0, 0.1) is 17.3 Å². The summed E-state index contributed by atoms with van der Waals surface area (Å²) in [6.07, 6.45) is 4.35. The molecule has 0 bridgehead atoms. The van der Waals surface area contributed by atoms with Crippen molar-refractivity contribution in [1.82, 2.24) is 24.0 Å². The zero-order valence-corrected chi connectivity index (χ0v) is 21.3. The molecule has 9 heteroatoms. The number of pyridine rings is 1. The number of hydrogen-bond acceptors (Lipinski definition) is 6. The normalized spacial score (nSPS) is 23.3. The lowest BCUT2D eigenvalue weighted by Gasteiger charge is -2.25. The molecular weight excluding hydrogens is 468 g/mol. The molecule has 2 aliphatic heterocycles. The average molecular weight is 501 g/mol. The minimum Gasteiger partial charge on any atom is -0.494 e. The number of benzene rings is 1. The van der Waals surface area contributed by atoms with E-state index < -0.39 is 0 Å². The molecule has 3 fully saturated rings. The summed E-state index contributed by atoms with van der Waals surface area (Å²) in [4.78, 5) is 25.3. The Bertz CT molecular complexity index is 1540. The molecule has 1 amide bonds. The molecule has 5 heterocycles. The van der Waals surface area contributed by atoms with E-state index in [4.69, 9.17) is 20.2 Å². The quantitative estimate of drug-likeness (QED) is 0.437. The molecule has 0 unspecified atom stereocenters. The van der Waals surface area contributed by atoms with Crippen LogP contribution in [0.5, 0.6) is 5.75 Å². The van der Waals surface area contributed by atoms with Crippen LogP contribution < -0.4 is 10.5 Å². The van der Waals surface area contributed by atoms with E-state index in [1.807, 2.05) is 36.3 Å². The van der Waals surface area contributed by atoms with Crippen molar-refractivity contribution in [2.45, 2.75) is 19.4 Å². The maximum absolute atomic E-state index is 13.7. The van der Waals surface area contributed by atoms with Gasteiger partial charge in [-0.05, 0) is 49.1 Å². The van der Waals surface area contributed by atoms with Gasteiger partial charge in [-0.1, -0.05) is 0 Å². The molecule has 1 saturated carbocycles. The van der Waals surface area contributed by atoms with Gasteiger partial charge in [0.05, 0.1) is 31.5 Å². The third kappa shape index (κ3) is 3.48. The number of imidazole rings is 1. The highest BCUT2D eigenvalue weighted by atomic mass is 16.5.